The van der Waals surface area contributed by atoms with Gasteiger partial charge in [0.05, 0.1) is 30.4 Å². The van der Waals surface area contributed by atoms with Crippen LogP contribution in [0, 0.1) is 0 Å². The molecule has 0 N–H and O–H groups in total. The summed E-state index contributed by atoms with van der Waals surface area (Å²) in [6, 6.07) is 10.8. The molecule has 2 aromatic carbocycles. The molecule has 2 fully saturated rings. The number of nitrogens with zero attached hydrogens (tertiary/aromatic N) is 5. The Balaban J connectivity index is 1.48. The molecule has 2 aliphatic heterocycles. The molecule has 13 heteroatoms. The molecule has 0 aliphatic carbocycles. The molecule has 3 atom stereocenters. The van der Waals surface area contributed by atoms with E-state index in [2.05, 4.69) is 15.0 Å². The monoisotopic (exact) mass is 597 g/mol. The molecule has 2 saturated heterocycles. The van der Waals surface area contributed by atoms with Crippen molar-refractivity contribution < 1.29 is 35.8 Å². The number of anilines is 1. The summed E-state index contributed by atoms with van der Waals surface area (Å²) in [6.45, 7) is 7.35. The van der Waals surface area contributed by atoms with Crippen LogP contribution in [-0.2, 0) is 33.9 Å². The Hall–Kier alpha value is -3.16. The average Bonchev–Trinajstić information content (AvgIpc) is 3.64. The van der Waals surface area contributed by atoms with Gasteiger partial charge in [-0.1, -0.05) is 30.3 Å². The number of halogens is 6. The highest BCUT2D eigenvalue weighted by Gasteiger charge is 2.49. The highest BCUT2D eigenvalue weighted by atomic mass is 19.4. The van der Waals surface area contributed by atoms with Crippen molar-refractivity contribution in [2.45, 2.75) is 63.5 Å². The summed E-state index contributed by atoms with van der Waals surface area (Å²) in [5, 5.41) is 4.45. The van der Waals surface area contributed by atoms with Crippen LogP contribution < -0.4 is 4.90 Å². The number of morpholine rings is 1. The molecule has 0 saturated carbocycles. The zero-order valence-electron chi connectivity index (χ0n) is 23.3. The van der Waals surface area contributed by atoms with Crippen LogP contribution in [0.3, 0.4) is 0 Å². The Kier molecular flexibility index (Phi) is 8.55. The van der Waals surface area contributed by atoms with Crippen LogP contribution in [0.2, 0.25) is 0 Å². The lowest BCUT2D eigenvalue weighted by Crippen LogP contribution is -2.60. The molecule has 3 aromatic rings. The van der Waals surface area contributed by atoms with Crippen LogP contribution in [0.1, 0.15) is 55.0 Å². The van der Waals surface area contributed by atoms with Gasteiger partial charge in [-0.15, -0.1) is 0 Å². The molecule has 42 heavy (non-hydrogen) atoms. The maximum Gasteiger partial charge on any atom is 0.416 e. The quantitative estimate of drug-likeness (QED) is 0.286. The summed E-state index contributed by atoms with van der Waals surface area (Å²) >= 11 is 0. The second kappa shape index (κ2) is 11.8. The largest absolute Gasteiger partial charge is 0.416 e. The Bertz CT molecular complexity index is 1310. The first-order chi connectivity index (χ1) is 19.9. The SMILES string of the molecule is C[C@@H](OC1OCCN(c2ncnn2CCN2CCCC2)[C@@]1(C)c1ccccc1)c1cc(C(F)(F)F)cc(C(F)(F)F)c1. The number of aromatic nitrogens is 3. The van der Waals surface area contributed by atoms with E-state index in [0.717, 1.165) is 38.0 Å². The molecule has 5 rings (SSSR count). The Morgan fingerprint density at radius 2 is 1.60 bits per heavy atom. The van der Waals surface area contributed by atoms with E-state index >= 15 is 0 Å². The van der Waals surface area contributed by atoms with E-state index in [1.807, 2.05) is 46.8 Å². The van der Waals surface area contributed by atoms with Crippen molar-refractivity contribution in [1.29, 1.82) is 0 Å². The van der Waals surface area contributed by atoms with E-state index in [9.17, 15) is 26.3 Å². The van der Waals surface area contributed by atoms with Gasteiger partial charge in [-0.05, 0) is 69.1 Å². The van der Waals surface area contributed by atoms with Gasteiger partial charge in [-0.25, -0.2) is 4.68 Å². The van der Waals surface area contributed by atoms with Gasteiger partial charge in [0.15, 0.2) is 6.29 Å². The minimum absolute atomic E-state index is 0.109. The Morgan fingerprint density at radius 1 is 0.952 bits per heavy atom. The normalized spacial score (nSPS) is 23.0. The topological polar surface area (TPSA) is 55.7 Å². The summed E-state index contributed by atoms with van der Waals surface area (Å²) in [5.74, 6) is 0.573. The first-order valence-electron chi connectivity index (χ1n) is 13.9. The Labute approximate surface area is 240 Å². The van der Waals surface area contributed by atoms with E-state index < -0.39 is 41.4 Å². The third-order valence-electron chi connectivity index (χ3n) is 8.03. The number of likely N-dealkylation sites (tertiary alicyclic amines) is 1. The number of hydrogen-bond donors (Lipinski definition) is 0. The second-order valence-electron chi connectivity index (χ2n) is 10.8. The minimum atomic E-state index is -4.97. The highest BCUT2D eigenvalue weighted by Crippen LogP contribution is 2.43. The number of benzene rings is 2. The van der Waals surface area contributed by atoms with E-state index in [1.54, 1.807) is 0 Å². The Morgan fingerprint density at radius 3 is 2.21 bits per heavy atom. The average molecular weight is 598 g/mol. The molecule has 1 unspecified atom stereocenters. The zero-order valence-corrected chi connectivity index (χ0v) is 23.3. The molecular weight excluding hydrogens is 564 g/mol. The van der Waals surface area contributed by atoms with Crippen LogP contribution in [0.25, 0.3) is 0 Å². The van der Waals surface area contributed by atoms with Crippen molar-refractivity contribution in [2.24, 2.45) is 0 Å². The van der Waals surface area contributed by atoms with Gasteiger partial charge in [0.2, 0.25) is 5.95 Å². The molecule has 1 aromatic heterocycles. The highest BCUT2D eigenvalue weighted by molar-refractivity contribution is 5.43. The molecule has 0 bridgehead atoms. The van der Waals surface area contributed by atoms with Crippen LogP contribution in [0.5, 0.6) is 0 Å². The minimum Gasteiger partial charge on any atom is -0.348 e. The van der Waals surface area contributed by atoms with Gasteiger partial charge in [-0.2, -0.15) is 36.4 Å². The third-order valence-corrected chi connectivity index (χ3v) is 8.03. The van der Waals surface area contributed by atoms with Gasteiger partial charge in [-0.3, -0.25) is 0 Å². The van der Waals surface area contributed by atoms with Crippen LogP contribution >= 0.6 is 0 Å². The molecule has 0 amide bonds. The van der Waals surface area contributed by atoms with E-state index in [0.29, 0.717) is 31.2 Å². The van der Waals surface area contributed by atoms with E-state index in [-0.39, 0.29) is 18.2 Å². The number of ether oxygens (including phenoxy) is 2. The smallest absolute Gasteiger partial charge is 0.348 e. The number of alkyl halides is 6. The van der Waals surface area contributed by atoms with Gasteiger partial charge in [0.1, 0.15) is 11.9 Å². The van der Waals surface area contributed by atoms with Crippen molar-refractivity contribution in [3.05, 3.63) is 77.1 Å². The predicted molar refractivity (Wildman–Crippen MR) is 143 cm³/mol. The number of rotatable bonds is 8. The van der Waals surface area contributed by atoms with Gasteiger partial charge >= 0.3 is 12.4 Å². The lowest BCUT2D eigenvalue weighted by molar-refractivity contribution is -0.217. The lowest BCUT2D eigenvalue weighted by Gasteiger charge is -2.50. The molecule has 228 valence electrons. The maximum absolute atomic E-state index is 13.6. The molecular formula is C29H33F6N5O2. The molecule has 3 heterocycles. The zero-order chi connectivity index (χ0) is 30.1. The second-order valence-corrected chi connectivity index (χ2v) is 10.8. The molecule has 0 radical (unpaired) electrons. The predicted octanol–water partition coefficient (Wildman–Crippen LogP) is 6.27. The van der Waals surface area contributed by atoms with Crippen LogP contribution in [-0.4, -0.2) is 58.7 Å². The first-order valence-corrected chi connectivity index (χ1v) is 13.9. The maximum atomic E-state index is 13.6. The van der Waals surface area contributed by atoms with E-state index in [1.165, 1.54) is 13.3 Å². The van der Waals surface area contributed by atoms with Crippen molar-refractivity contribution >= 4 is 5.95 Å². The van der Waals surface area contributed by atoms with Gasteiger partial charge < -0.3 is 19.3 Å². The summed E-state index contributed by atoms with van der Waals surface area (Å²) in [6.07, 6.45) is -8.39. The molecule has 0 spiro atoms. The van der Waals surface area contributed by atoms with Crippen molar-refractivity contribution in [3.8, 4) is 0 Å². The standard InChI is InChI=1S/C29H33F6N5O2/c1-20(21-16-23(28(30,31)32)18-24(17-21)29(33,34)35)42-25-27(2,22-8-4-3-5-9-22)39(14-15-41-25)26-36-19-37-40(26)13-12-38-10-6-7-11-38/h3-5,8-9,16-20,25H,6-7,10-15H2,1-2H3/t20-,25?,27+/m1/s1. The van der Waals surface area contributed by atoms with Crippen molar-refractivity contribution in [2.75, 3.05) is 37.7 Å². The van der Waals surface area contributed by atoms with Gasteiger partial charge in [0, 0.05) is 13.1 Å². The fraction of sp³-hybridized carbons (Fsp3) is 0.517. The van der Waals surface area contributed by atoms with Crippen LogP contribution in [0.15, 0.2) is 54.9 Å². The fourth-order valence-electron chi connectivity index (χ4n) is 5.66. The summed E-state index contributed by atoms with van der Waals surface area (Å²) in [7, 11) is 0. The van der Waals surface area contributed by atoms with E-state index in [4.69, 9.17) is 9.47 Å². The first kappa shape index (κ1) is 30.3. The lowest BCUT2D eigenvalue weighted by atomic mass is 9.88. The van der Waals surface area contributed by atoms with Crippen molar-refractivity contribution in [3.63, 3.8) is 0 Å². The molecule has 7 nitrogen and oxygen atoms in total. The number of hydrogen-bond acceptors (Lipinski definition) is 6. The van der Waals surface area contributed by atoms with Crippen molar-refractivity contribution in [1.82, 2.24) is 19.7 Å². The summed E-state index contributed by atoms with van der Waals surface area (Å²) in [4.78, 5) is 8.91. The summed E-state index contributed by atoms with van der Waals surface area (Å²) in [5.41, 5.74) is -3.34. The molecule has 2 aliphatic rings. The van der Waals surface area contributed by atoms with Crippen LogP contribution in [0.4, 0.5) is 32.3 Å². The van der Waals surface area contributed by atoms with Gasteiger partial charge in [0.25, 0.3) is 0 Å². The fourth-order valence-corrected chi connectivity index (χ4v) is 5.66. The third kappa shape index (κ3) is 6.28. The summed E-state index contributed by atoms with van der Waals surface area (Å²) < 4.78 is 95.4.